The Bertz CT molecular complexity index is 1440. The number of rotatable bonds is 7. The van der Waals surface area contributed by atoms with E-state index in [4.69, 9.17) is 14.7 Å². The Kier molecular flexibility index (Phi) is 6.73. The molecule has 0 spiro atoms. The summed E-state index contributed by atoms with van der Waals surface area (Å²) >= 11 is 0. The number of hydrogen-bond acceptors (Lipinski definition) is 12. The van der Waals surface area contributed by atoms with Crippen LogP contribution in [-0.4, -0.2) is 133 Å². The number of fused-ring (bicyclic) bond motifs is 1. The average molecular weight is 546 g/mol. The van der Waals surface area contributed by atoms with Gasteiger partial charge in [0, 0.05) is 77.7 Å². The first-order valence-electron chi connectivity index (χ1n) is 14.0. The minimum Gasteiger partial charge on any atom is -0.373 e. The molecule has 0 radical (unpaired) electrons. The van der Waals surface area contributed by atoms with Gasteiger partial charge in [-0.1, -0.05) is 5.21 Å². The van der Waals surface area contributed by atoms with E-state index in [9.17, 15) is 0 Å². The van der Waals surface area contributed by atoms with E-state index in [1.807, 2.05) is 25.6 Å². The van der Waals surface area contributed by atoms with E-state index < -0.39 is 0 Å². The van der Waals surface area contributed by atoms with Crippen LogP contribution in [-0.2, 0) is 18.3 Å². The van der Waals surface area contributed by atoms with Crippen LogP contribution in [0.4, 0.5) is 11.6 Å². The lowest BCUT2D eigenvalue weighted by Gasteiger charge is -2.42. The van der Waals surface area contributed by atoms with Crippen molar-refractivity contribution in [2.75, 3.05) is 82.4 Å². The minimum absolute atomic E-state index is 0.0924. The normalized spacial score (nSPS) is 21.3. The summed E-state index contributed by atoms with van der Waals surface area (Å²) in [6.45, 7) is 10.4. The second kappa shape index (κ2) is 10.7. The number of nitrogens with zero attached hydrogens (tertiary/aromatic N) is 13. The Balaban J connectivity index is 0.950. The average Bonchev–Trinajstić information content (AvgIpc) is 3.58. The van der Waals surface area contributed by atoms with Crippen LogP contribution < -0.4 is 9.80 Å². The fraction of sp³-hybridized carbons (Fsp3) is 0.577. The van der Waals surface area contributed by atoms with Gasteiger partial charge in [0.2, 0.25) is 11.6 Å². The minimum atomic E-state index is -0.0924. The first-order chi connectivity index (χ1) is 19.6. The third kappa shape index (κ3) is 5.21. The fourth-order valence-electron chi connectivity index (χ4n) is 5.92. The monoisotopic (exact) mass is 545 g/mol. The van der Waals surface area contributed by atoms with Gasteiger partial charge in [-0.3, -0.25) is 9.58 Å². The zero-order valence-electron chi connectivity index (χ0n) is 23.0. The molecule has 40 heavy (non-hydrogen) atoms. The van der Waals surface area contributed by atoms with E-state index in [-0.39, 0.29) is 6.10 Å². The Morgan fingerprint density at radius 3 is 2.45 bits per heavy atom. The molecule has 3 saturated heterocycles. The highest BCUT2D eigenvalue weighted by molar-refractivity contribution is 5.69. The van der Waals surface area contributed by atoms with Crippen molar-refractivity contribution in [2.45, 2.75) is 12.6 Å². The first kappa shape index (κ1) is 25.2. The molecule has 4 aromatic rings. The molecule has 14 heteroatoms. The summed E-state index contributed by atoms with van der Waals surface area (Å²) in [7, 11) is 4.07. The first-order valence-corrected chi connectivity index (χ1v) is 14.0. The molecule has 3 aliphatic rings. The van der Waals surface area contributed by atoms with E-state index in [1.165, 1.54) is 19.6 Å². The quantitative estimate of drug-likeness (QED) is 0.311. The highest BCUT2D eigenvalue weighted by Gasteiger charge is 2.28. The van der Waals surface area contributed by atoms with Crippen molar-refractivity contribution in [3.05, 3.63) is 31.0 Å². The van der Waals surface area contributed by atoms with Crippen molar-refractivity contribution in [1.82, 2.24) is 54.5 Å². The molecular weight excluding hydrogens is 510 g/mol. The fourth-order valence-corrected chi connectivity index (χ4v) is 5.92. The van der Waals surface area contributed by atoms with Crippen LogP contribution in [0.1, 0.15) is 0 Å². The van der Waals surface area contributed by atoms with Crippen LogP contribution in [0.3, 0.4) is 0 Å². The van der Waals surface area contributed by atoms with Crippen LogP contribution in [0.2, 0.25) is 0 Å². The van der Waals surface area contributed by atoms with Gasteiger partial charge < -0.3 is 19.4 Å². The molecule has 210 valence electrons. The molecule has 0 N–H and O–H groups in total. The molecule has 3 aliphatic heterocycles. The number of morpholine rings is 1. The zero-order chi connectivity index (χ0) is 27.1. The van der Waals surface area contributed by atoms with E-state index in [1.54, 1.807) is 21.8 Å². The summed E-state index contributed by atoms with van der Waals surface area (Å²) in [6, 6.07) is 0. The molecule has 14 nitrogen and oxygen atoms in total. The Morgan fingerprint density at radius 1 is 0.875 bits per heavy atom. The van der Waals surface area contributed by atoms with Gasteiger partial charge in [0.15, 0.2) is 5.65 Å². The van der Waals surface area contributed by atoms with Crippen molar-refractivity contribution in [3.63, 3.8) is 0 Å². The smallest absolute Gasteiger partial charge is 0.225 e. The number of anilines is 2. The Hall–Kier alpha value is -3.75. The third-order valence-electron chi connectivity index (χ3n) is 8.04. The summed E-state index contributed by atoms with van der Waals surface area (Å²) in [6.07, 6.45) is 9.22. The van der Waals surface area contributed by atoms with Crippen LogP contribution in [0, 0.1) is 5.92 Å². The van der Waals surface area contributed by atoms with Gasteiger partial charge in [0.25, 0.3) is 0 Å². The van der Waals surface area contributed by atoms with Crippen molar-refractivity contribution >= 4 is 22.9 Å². The molecule has 0 aliphatic carbocycles. The van der Waals surface area contributed by atoms with Crippen LogP contribution in [0.15, 0.2) is 31.0 Å². The molecule has 7 heterocycles. The predicted octanol–water partition coefficient (Wildman–Crippen LogP) is 0.000800. The van der Waals surface area contributed by atoms with Crippen molar-refractivity contribution in [1.29, 1.82) is 0 Å². The van der Waals surface area contributed by atoms with Gasteiger partial charge in [-0.15, -0.1) is 5.10 Å². The van der Waals surface area contributed by atoms with Gasteiger partial charge >= 0.3 is 0 Å². The largest absolute Gasteiger partial charge is 0.373 e. The lowest BCUT2D eigenvalue weighted by Crippen LogP contribution is -2.53. The second-order valence-corrected chi connectivity index (χ2v) is 11.1. The van der Waals surface area contributed by atoms with Crippen LogP contribution >= 0.6 is 0 Å². The number of aromatic nitrogens is 9. The van der Waals surface area contributed by atoms with Gasteiger partial charge in [-0.25, -0.2) is 24.6 Å². The van der Waals surface area contributed by atoms with E-state index in [2.05, 4.69) is 52.0 Å². The Morgan fingerprint density at radius 2 is 1.70 bits per heavy atom. The number of likely N-dealkylation sites (tertiary alicyclic amines) is 1. The molecule has 7 rings (SSSR count). The molecule has 4 aromatic heterocycles. The van der Waals surface area contributed by atoms with Crippen LogP contribution in [0.25, 0.3) is 22.6 Å². The molecule has 3 fully saturated rings. The lowest BCUT2D eigenvalue weighted by molar-refractivity contribution is 0.0273. The number of piperazine rings is 1. The summed E-state index contributed by atoms with van der Waals surface area (Å²) < 4.78 is 9.56. The molecule has 0 saturated carbocycles. The van der Waals surface area contributed by atoms with Gasteiger partial charge in [0.05, 0.1) is 55.4 Å². The number of aryl methyl sites for hydroxylation is 1. The summed E-state index contributed by atoms with van der Waals surface area (Å²) in [5.41, 5.74) is 3.84. The zero-order valence-corrected chi connectivity index (χ0v) is 23.0. The maximum atomic E-state index is 6.06. The third-order valence-corrected chi connectivity index (χ3v) is 8.04. The van der Waals surface area contributed by atoms with Gasteiger partial charge in [0.1, 0.15) is 0 Å². The van der Waals surface area contributed by atoms with Gasteiger partial charge in [-0.2, -0.15) is 5.10 Å². The molecule has 0 bridgehead atoms. The lowest BCUT2D eigenvalue weighted by atomic mass is 10.0. The molecule has 0 unspecified atom stereocenters. The Labute approximate surface area is 232 Å². The summed E-state index contributed by atoms with van der Waals surface area (Å²) in [4.78, 5) is 28.2. The van der Waals surface area contributed by atoms with Gasteiger partial charge in [-0.05, 0) is 13.0 Å². The van der Waals surface area contributed by atoms with Crippen molar-refractivity contribution in [2.24, 2.45) is 13.0 Å². The number of hydrogen-bond donors (Lipinski definition) is 0. The highest BCUT2D eigenvalue weighted by atomic mass is 16.5. The van der Waals surface area contributed by atoms with Crippen molar-refractivity contribution < 1.29 is 4.74 Å². The molecular formula is C26H35N13O. The topological polar surface area (TPSA) is 122 Å². The summed E-state index contributed by atoms with van der Waals surface area (Å²) in [5, 5.41) is 12.8. The molecule has 0 amide bonds. The predicted molar refractivity (Wildman–Crippen MR) is 149 cm³/mol. The van der Waals surface area contributed by atoms with E-state index in [0.717, 1.165) is 61.5 Å². The number of ether oxygens (including phenoxy) is 1. The molecule has 0 aromatic carbocycles. The maximum absolute atomic E-state index is 6.06. The second-order valence-electron chi connectivity index (χ2n) is 11.1. The molecule has 1 atom stereocenters. The van der Waals surface area contributed by atoms with Crippen molar-refractivity contribution in [3.8, 4) is 11.3 Å². The van der Waals surface area contributed by atoms with E-state index >= 15 is 0 Å². The van der Waals surface area contributed by atoms with Crippen LogP contribution in [0.5, 0.6) is 0 Å². The standard InChI is InChI=1S/C26H35N13O/c1-34-13-19(14-34)15-36-3-5-37(6-4-36)21-10-28-26(29-11-21)38-7-8-40-22(17-38)18-39-25-24(32-33-39)31-23(12-27-25)20-9-30-35(2)16-20/h9-12,16,19,22H,3-8,13-15,17-18H2,1-2H3/t22-/m0/s1. The SMILES string of the molecule is CN1CC(CN2CCN(c3cnc(N4CCO[C@H](Cn5nnc6nc(-c7cnn(C)c7)cnc65)C4)nc3)CC2)C1. The maximum Gasteiger partial charge on any atom is 0.225 e. The van der Waals surface area contributed by atoms with E-state index in [0.29, 0.717) is 31.0 Å². The highest BCUT2D eigenvalue weighted by Crippen LogP contribution is 2.21. The summed E-state index contributed by atoms with van der Waals surface area (Å²) in [5.74, 6) is 1.56.